The van der Waals surface area contributed by atoms with Crippen LogP contribution in [0.25, 0.3) is 10.2 Å². The van der Waals surface area contributed by atoms with Crippen molar-refractivity contribution in [2.24, 2.45) is 0 Å². The van der Waals surface area contributed by atoms with Gasteiger partial charge in [-0.05, 0) is 37.3 Å². The van der Waals surface area contributed by atoms with Crippen LogP contribution in [-0.4, -0.2) is 60.2 Å². The molecule has 1 aliphatic rings. The van der Waals surface area contributed by atoms with E-state index in [0.29, 0.717) is 11.5 Å². The molecule has 0 atom stereocenters. The number of rotatable bonds is 6. The first kappa shape index (κ1) is 19.3. The third-order valence-corrected chi connectivity index (χ3v) is 7.21. The maximum Gasteiger partial charge on any atom is 0.348 e. The summed E-state index contributed by atoms with van der Waals surface area (Å²) in [7, 11) is 0. The first-order valence-electron chi connectivity index (χ1n) is 9.58. The van der Waals surface area contributed by atoms with Crippen molar-refractivity contribution in [1.82, 2.24) is 14.9 Å². The summed E-state index contributed by atoms with van der Waals surface area (Å²) in [6.07, 6.45) is 2.72. The molecule has 1 saturated heterocycles. The van der Waals surface area contributed by atoms with Crippen molar-refractivity contribution in [3.8, 4) is 0 Å². The molecule has 0 amide bonds. The smallest absolute Gasteiger partial charge is 0.348 e. The first-order valence-corrected chi connectivity index (χ1v) is 11.3. The average Bonchev–Trinajstić information content (AvgIpc) is 3.35. The van der Waals surface area contributed by atoms with E-state index >= 15 is 0 Å². The summed E-state index contributed by atoms with van der Waals surface area (Å²) in [4.78, 5) is 29.0. The third-order valence-electron chi connectivity index (χ3n) is 5.09. The van der Waals surface area contributed by atoms with Crippen LogP contribution in [-0.2, 0) is 11.2 Å². The Morgan fingerprint density at radius 1 is 1.25 bits per heavy atom. The lowest BCUT2D eigenvalue weighted by Gasteiger charge is -2.35. The number of fused-ring (bicyclic) bond motifs is 1. The van der Waals surface area contributed by atoms with Crippen LogP contribution in [0.2, 0.25) is 0 Å². The number of aromatic nitrogens is 2. The minimum atomic E-state index is -0.271. The van der Waals surface area contributed by atoms with Crippen LogP contribution < -0.4 is 4.90 Å². The molecule has 148 valence electrons. The Hall–Kier alpha value is -2.03. The van der Waals surface area contributed by atoms with Gasteiger partial charge in [-0.2, -0.15) is 0 Å². The van der Waals surface area contributed by atoms with Crippen LogP contribution in [0.5, 0.6) is 0 Å². The molecule has 6 nitrogen and oxygen atoms in total. The lowest BCUT2D eigenvalue weighted by Crippen LogP contribution is -2.47. The van der Waals surface area contributed by atoms with E-state index in [2.05, 4.69) is 37.3 Å². The first-order chi connectivity index (χ1) is 13.7. The normalized spacial score (nSPS) is 15.3. The number of anilines is 1. The largest absolute Gasteiger partial charge is 0.462 e. The van der Waals surface area contributed by atoms with Gasteiger partial charge < -0.3 is 9.64 Å². The standard InChI is InChI=1S/C20H24N4O2S2/c1-3-26-20(25)17-14(2)16-18(21-13-22-19(16)28-17)24-10-8-23(9-11-24)7-6-15-5-4-12-27-15/h4-5,12-13H,3,6-11H2,1-2H3. The Balaban J connectivity index is 1.48. The SMILES string of the molecule is CCOC(=O)c1sc2ncnc(N3CCN(CCc4cccs4)CC3)c2c1C. The summed E-state index contributed by atoms with van der Waals surface area (Å²) in [5.41, 5.74) is 0.925. The number of ether oxygens (including phenoxy) is 1. The Bertz CT molecular complexity index is 947. The fourth-order valence-electron chi connectivity index (χ4n) is 3.59. The minimum absolute atomic E-state index is 0.271. The van der Waals surface area contributed by atoms with Gasteiger partial charge in [0.05, 0.1) is 12.0 Å². The van der Waals surface area contributed by atoms with Crippen LogP contribution in [0.4, 0.5) is 5.82 Å². The number of esters is 1. The van der Waals surface area contributed by atoms with Crippen molar-refractivity contribution < 1.29 is 9.53 Å². The molecule has 1 aliphatic heterocycles. The van der Waals surface area contributed by atoms with Crippen LogP contribution in [0, 0.1) is 6.92 Å². The molecule has 0 spiro atoms. The van der Waals surface area contributed by atoms with Gasteiger partial charge >= 0.3 is 5.97 Å². The van der Waals surface area contributed by atoms with Crippen LogP contribution in [0.1, 0.15) is 27.0 Å². The van der Waals surface area contributed by atoms with Gasteiger partial charge in [0.15, 0.2) is 0 Å². The van der Waals surface area contributed by atoms with Gasteiger partial charge in [0.25, 0.3) is 0 Å². The molecule has 0 aliphatic carbocycles. The molecular formula is C20H24N4O2S2. The van der Waals surface area contributed by atoms with Gasteiger partial charge in [-0.1, -0.05) is 6.07 Å². The topological polar surface area (TPSA) is 58.6 Å². The Labute approximate surface area is 172 Å². The van der Waals surface area contributed by atoms with E-state index in [1.165, 1.54) is 16.2 Å². The molecule has 4 heterocycles. The lowest BCUT2D eigenvalue weighted by atomic mass is 10.2. The predicted molar refractivity (Wildman–Crippen MR) is 115 cm³/mol. The van der Waals surface area contributed by atoms with E-state index in [-0.39, 0.29) is 5.97 Å². The van der Waals surface area contributed by atoms with Gasteiger partial charge in [0, 0.05) is 37.6 Å². The van der Waals surface area contributed by atoms with Crippen molar-refractivity contribution in [2.45, 2.75) is 20.3 Å². The second kappa shape index (κ2) is 8.55. The number of hydrogen-bond donors (Lipinski definition) is 0. The highest BCUT2D eigenvalue weighted by Gasteiger charge is 2.24. The molecule has 3 aromatic heterocycles. The lowest BCUT2D eigenvalue weighted by molar-refractivity contribution is 0.0531. The summed E-state index contributed by atoms with van der Waals surface area (Å²) in [6, 6.07) is 4.32. The number of piperazine rings is 1. The molecule has 0 aromatic carbocycles. The second-order valence-corrected chi connectivity index (χ2v) is 8.84. The Kier molecular flexibility index (Phi) is 5.89. The molecule has 1 fully saturated rings. The molecule has 8 heteroatoms. The number of nitrogens with zero attached hydrogens (tertiary/aromatic N) is 4. The molecular weight excluding hydrogens is 392 g/mol. The highest BCUT2D eigenvalue weighted by molar-refractivity contribution is 7.20. The van der Waals surface area contributed by atoms with Crippen molar-refractivity contribution in [3.63, 3.8) is 0 Å². The fraction of sp³-hybridized carbons (Fsp3) is 0.450. The number of carbonyl (C=O) groups is 1. The molecule has 0 saturated carbocycles. The zero-order valence-corrected chi connectivity index (χ0v) is 17.8. The third kappa shape index (κ3) is 3.90. The summed E-state index contributed by atoms with van der Waals surface area (Å²) >= 11 is 3.22. The second-order valence-electron chi connectivity index (χ2n) is 6.81. The van der Waals surface area contributed by atoms with Gasteiger partial charge in [-0.25, -0.2) is 14.8 Å². The van der Waals surface area contributed by atoms with E-state index in [1.807, 2.05) is 25.2 Å². The Morgan fingerprint density at radius 2 is 2.07 bits per heavy atom. The molecule has 0 radical (unpaired) electrons. The Morgan fingerprint density at radius 3 is 2.79 bits per heavy atom. The van der Waals surface area contributed by atoms with Gasteiger partial charge in [-0.15, -0.1) is 22.7 Å². The molecule has 4 rings (SSSR count). The fourth-order valence-corrected chi connectivity index (χ4v) is 5.33. The number of aryl methyl sites for hydroxylation is 1. The highest BCUT2D eigenvalue weighted by Crippen LogP contribution is 2.35. The summed E-state index contributed by atoms with van der Waals surface area (Å²) in [5.74, 6) is 0.666. The average molecular weight is 417 g/mol. The van der Waals surface area contributed by atoms with Crippen LogP contribution in [0.15, 0.2) is 23.8 Å². The maximum absolute atomic E-state index is 12.3. The number of carbonyl (C=O) groups excluding carboxylic acids is 1. The van der Waals surface area contributed by atoms with Crippen molar-refractivity contribution >= 4 is 44.7 Å². The quantitative estimate of drug-likeness (QED) is 0.572. The van der Waals surface area contributed by atoms with E-state index in [4.69, 9.17) is 4.74 Å². The monoisotopic (exact) mass is 416 g/mol. The zero-order valence-electron chi connectivity index (χ0n) is 16.2. The molecule has 0 bridgehead atoms. The van der Waals surface area contributed by atoms with E-state index in [0.717, 1.165) is 60.7 Å². The number of hydrogen-bond acceptors (Lipinski definition) is 8. The summed E-state index contributed by atoms with van der Waals surface area (Å²) in [6.45, 7) is 9.16. The van der Waals surface area contributed by atoms with Crippen molar-refractivity contribution in [2.75, 3.05) is 44.2 Å². The van der Waals surface area contributed by atoms with Gasteiger partial charge in [0.1, 0.15) is 21.9 Å². The molecule has 0 unspecified atom stereocenters. The van der Waals surface area contributed by atoms with Crippen molar-refractivity contribution in [3.05, 3.63) is 39.2 Å². The maximum atomic E-state index is 12.3. The summed E-state index contributed by atoms with van der Waals surface area (Å²) in [5, 5.41) is 3.13. The highest BCUT2D eigenvalue weighted by atomic mass is 32.1. The van der Waals surface area contributed by atoms with E-state index in [9.17, 15) is 4.79 Å². The van der Waals surface area contributed by atoms with E-state index in [1.54, 1.807) is 6.33 Å². The van der Waals surface area contributed by atoms with Crippen molar-refractivity contribution in [1.29, 1.82) is 0 Å². The van der Waals surface area contributed by atoms with E-state index < -0.39 is 0 Å². The van der Waals surface area contributed by atoms with Crippen LogP contribution >= 0.6 is 22.7 Å². The summed E-state index contributed by atoms with van der Waals surface area (Å²) < 4.78 is 5.20. The van der Waals surface area contributed by atoms with Gasteiger partial charge in [0.2, 0.25) is 0 Å². The number of thiophene rings is 2. The zero-order chi connectivity index (χ0) is 19.5. The van der Waals surface area contributed by atoms with Crippen LogP contribution in [0.3, 0.4) is 0 Å². The minimum Gasteiger partial charge on any atom is -0.462 e. The van der Waals surface area contributed by atoms with Gasteiger partial charge in [-0.3, -0.25) is 4.90 Å². The molecule has 3 aromatic rings. The molecule has 0 N–H and O–H groups in total. The molecule has 28 heavy (non-hydrogen) atoms. The predicted octanol–water partition coefficient (Wildman–Crippen LogP) is 3.60.